The Balaban J connectivity index is 1.39. The van der Waals surface area contributed by atoms with Gasteiger partial charge in [-0.25, -0.2) is 4.98 Å². The Kier molecular flexibility index (Phi) is 7.24. The van der Waals surface area contributed by atoms with E-state index in [1.165, 1.54) is 18.7 Å². The number of anilines is 1. The Morgan fingerprint density at radius 3 is 2.65 bits per heavy atom. The van der Waals surface area contributed by atoms with Crippen LogP contribution in [0.4, 0.5) is 5.69 Å². The molecule has 0 saturated heterocycles. The molecule has 2 amide bonds. The maximum atomic E-state index is 12.5. The molecule has 4 aromatic rings. The zero-order valence-electron chi connectivity index (χ0n) is 18.4. The van der Waals surface area contributed by atoms with Crippen LogP contribution in [0, 0.1) is 0 Å². The molecule has 0 atom stereocenters. The summed E-state index contributed by atoms with van der Waals surface area (Å²) in [4.78, 5) is 40.9. The number of Topliss-reactive ketones (excluding diaryl/α,β-unsaturated/α-hetero) is 1. The van der Waals surface area contributed by atoms with Crippen LogP contribution in [0.5, 0.6) is 0 Å². The standard InChI is InChI=1S/C25H22N4O4S/c1-17(30)18-5-2-7-20(13-18)28-23(31)16-34-25-26-10-11-29(25)21-8-3-6-19(14-21)24(32)27-15-22-9-4-12-33-22/h2-14H,15-16H2,1H3,(H,27,32)(H,28,31). The third-order valence-electron chi connectivity index (χ3n) is 4.88. The third kappa shape index (κ3) is 5.81. The molecule has 9 heteroatoms. The van der Waals surface area contributed by atoms with Gasteiger partial charge in [0, 0.05) is 34.9 Å². The average Bonchev–Trinajstić information content (AvgIpc) is 3.53. The van der Waals surface area contributed by atoms with Crippen LogP contribution in [0.1, 0.15) is 33.4 Å². The number of carbonyl (C=O) groups is 3. The molecular formula is C25H22N4O4S. The van der Waals surface area contributed by atoms with Gasteiger partial charge in [-0.3, -0.25) is 19.0 Å². The van der Waals surface area contributed by atoms with Crippen molar-refractivity contribution >= 4 is 35.0 Å². The van der Waals surface area contributed by atoms with Crippen LogP contribution in [-0.4, -0.2) is 32.9 Å². The number of nitrogens with zero attached hydrogens (tertiary/aromatic N) is 2. The number of hydrogen-bond acceptors (Lipinski definition) is 6. The summed E-state index contributed by atoms with van der Waals surface area (Å²) >= 11 is 1.27. The molecule has 0 aliphatic heterocycles. The quantitative estimate of drug-likeness (QED) is 0.276. The zero-order chi connectivity index (χ0) is 23.9. The van der Waals surface area contributed by atoms with Gasteiger partial charge >= 0.3 is 0 Å². The van der Waals surface area contributed by atoms with E-state index in [0.717, 1.165) is 5.69 Å². The van der Waals surface area contributed by atoms with Crippen molar-refractivity contribution in [1.82, 2.24) is 14.9 Å². The van der Waals surface area contributed by atoms with E-state index in [4.69, 9.17) is 4.42 Å². The monoisotopic (exact) mass is 474 g/mol. The summed E-state index contributed by atoms with van der Waals surface area (Å²) in [6, 6.07) is 17.5. The summed E-state index contributed by atoms with van der Waals surface area (Å²) in [7, 11) is 0. The predicted octanol–water partition coefficient (Wildman–Crippen LogP) is 4.33. The number of furan rings is 1. The maximum Gasteiger partial charge on any atom is 0.251 e. The molecule has 0 saturated carbocycles. The number of imidazole rings is 1. The van der Waals surface area contributed by atoms with Gasteiger partial charge in [-0.2, -0.15) is 0 Å². The van der Waals surface area contributed by atoms with Crippen molar-refractivity contribution in [3.05, 3.63) is 96.2 Å². The smallest absolute Gasteiger partial charge is 0.251 e. The van der Waals surface area contributed by atoms with Crippen LogP contribution in [0.25, 0.3) is 5.69 Å². The van der Waals surface area contributed by atoms with Crippen molar-refractivity contribution in [2.24, 2.45) is 0 Å². The van der Waals surface area contributed by atoms with Crippen molar-refractivity contribution in [2.75, 3.05) is 11.1 Å². The maximum absolute atomic E-state index is 12.5. The highest BCUT2D eigenvalue weighted by molar-refractivity contribution is 7.99. The Hall–Kier alpha value is -4.11. The Morgan fingerprint density at radius 2 is 1.85 bits per heavy atom. The van der Waals surface area contributed by atoms with Gasteiger partial charge in [0.1, 0.15) is 5.76 Å². The van der Waals surface area contributed by atoms with E-state index in [0.29, 0.717) is 34.3 Å². The largest absolute Gasteiger partial charge is 0.467 e. The molecule has 0 bridgehead atoms. The van der Waals surface area contributed by atoms with Crippen LogP contribution in [0.3, 0.4) is 0 Å². The molecule has 0 unspecified atom stereocenters. The highest BCUT2D eigenvalue weighted by Crippen LogP contribution is 2.22. The SMILES string of the molecule is CC(=O)c1cccc(NC(=O)CSc2nccn2-c2cccc(C(=O)NCc3ccco3)c2)c1. The first-order chi connectivity index (χ1) is 16.5. The van der Waals surface area contributed by atoms with Gasteiger partial charge in [0.05, 0.1) is 18.6 Å². The molecule has 0 spiro atoms. The number of rotatable bonds is 9. The first-order valence-corrected chi connectivity index (χ1v) is 11.5. The van der Waals surface area contributed by atoms with Crippen molar-refractivity contribution < 1.29 is 18.8 Å². The fourth-order valence-electron chi connectivity index (χ4n) is 3.22. The van der Waals surface area contributed by atoms with Crippen molar-refractivity contribution in [2.45, 2.75) is 18.6 Å². The first kappa shape index (κ1) is 23.1. The van der Waals surface area contributed by atoms with E-state index >= 15 is 0 Å². The number of amides is 2. The molecule has 2 heterocycles. The number of nitrogens with one attached hydrogen (secondary N) is 2. The molecule has 2 aromatic heterocycles. The molecule has 0 aliphatic rings. The average molecular weight is 475 g/mol. The normalized spacial score (nSPS) is 10.6. The summed E-state index contributed by atoms with van der Waals surface area (Å²) in [6.07, 6.45) is 4.97. The summed E-state index contributed by atoms with van der Waals surface area (Å²) in [5, 5.41) is 6.24. The lowest BCUT2D eigenvalue weighted by molar-refractivity contribution is -0.113. The van der Waals surface area contributed by atoms with Gasteiger partial charge in [0.25, 0.3) is 5.91 Å². The molecule has 2 aromatic carbocycles. The molecule has 0 aliphatic carbocycles. The molecule has 8 nitrogen and oxygen atoms in total. The molecule has 34 heavy (non-hydrogen) atoms. The third-order valence-corrected chi connectivity index (χ3v) is 5.85. The number of thioether (sulfide) groups is 1. The minimum absolute atomic E-state index is 0.0654. The van der Waals surface area contributed by atoms with E-state index in [9.17, 15) is 14.4 Å². The summed E-state index contributed by atoms with van der Waals surface area (Å²) in [6.45, 7) is 1.78. The molecular weight excluding hydrogens is 452 g/mol. The van der Waals surface area contributed by atoms with Crippen molar-refractivity contribution in [3.8, 4) is 5.69 Å². The van der Waals surface area contributed by atoms with Gasteiger partial charge < -0.3 is 15.1 Å². The highest BCUT2D eigenvalue weighted by Gasteiger charge is 2.12. The minimum Gasteiger partial charge on any atom is -0.467 e. The topological polar surface area (TPSA) is 106 Å². The lowest BCUT2D eigenvalue weighted by Crippen LogP contribution is -2.22. The zero-order valence-corrected chi connectivity index (χ0v) is 19.2. The summed E-state index contributed by atoms with van der Waals surface area (Å²) < 4.78 is 7.06. The van der Waals surface area contributed by atoms with Gasteiger partial charge in [-0.1, -0.05) is 30.0 Å². The van der Waals surface area contributed by atoms with E-state index < -0.39 is 0 Å². The Labute approximate surface area is 200 Å². The lowest BCUT2D eigenvalue weighted by Gasteiger charge is -2.10. The van der Waals surface area contributed by atoms with Crippen molar-refractivity contribution in [1.29, 1.82) is 0 Å². The molecule has 4 rings (SSSR count). The van der Waals surface area contributed by atoms with Crippen LogP contribution >= 0.6 is 11.8 Å². The fourth-order valence-corrected chi connectivity index (χ4v) is 3.99. The second-order valence-corrected chi connectivity index (χ2v) is 8.31. The van der Waals surface area contributed by atoms with Crippen LogP contribution in [0.15, 0.2) is 88.9 Å². The Bertz CT molecular complexity index is 1310. The summed E-state index contributed by atoms with van der Waals surface area (Å²) in [5.41, 5.74) is 2.35. The number of hydrogen-bond donors (Lipinski definition) is 2. The van der Waals surface area contributed by atoms with E-state index in [-0.39, 0.29) is 23.4 Å². The minimum atomic E-state index is -0.222. The van der Waals surface area contributed by atoms with E-state index in [1.54, 1.807) is 73.3 Å². The second kappa shape index (κ2) is 10.7. The summed E-state index contributed by atoms with van der Waals surface area (Å²) in [5.74, 6) is 0.296. The highest BCUT2D eigenvalue weighted by atomic mass is 32.2. The van der Waals surface area contributed by atoms with Crippen LogP contribution in [-0.2, 0) is 11.3 Å². The lowest BCUT2D eigenvalue weighted by atomic mass is 10.1. The number of benzene rings is 2. The molecule has 172 valence electrons. The number of ketones is 1. The van der Waals surface area contributed by atoms with E-state index in [2.05, 4.69) is 15.6 Å². The molecule has 2 N–H and O–H groups in total. The van der Waals surface area contributed by atoms with Gasteiger partial charge in [-0.15, -0.1) is 0 Å². The Morgan fingerprint density at radius 1 is 1.03 bits per heavy atom. The fraction of sp³-hybridized carbons (Fsp3) is 0.120. The number of aromatic nitrogens is 2. The van der Waals surface area contributed by atoms with Gasteiger partial charge in [0.15, 0.2) is 10.9 Å². The number of carbonyl (C=O) groups excluding carboxylic acids is 3. The van der Waals surface area contributed by atoms with Crippen LogP contribution in [0.2, 0.25) is 0 Å². The predicted molar refractivity (Wildman–Crippen MR) is 129 cm³/mol. The molecule has 0 radical (unpaired) electrons. The van der Waals surface area contributed by atoms with Gasteiger partial charge in [0.2, 0.25) is 5.91 Å². The first-order valence-electron chi connectivity index (χ1n) is 10.5. The van der Waals surface area contributed by atoms with Crippen LogP contribution < -0.4 is 10.6 Å². The molecule has 0 fully saturated rings. The second-order valence-electron chi connectivity index (χ2n) is 7.37. The van der Waals surface area contributed by atoms with Crippen molar-refractivity contribution in [3.63, 3.8) is 0 Å². The van der Waals surface area contributed by atoms with E-state index in [1.807, 2.05) is 10.6 Å². The van der Waals surface area contributed by atoms with Gasteiger partial charge in [-0.05, 0) is 49.4 Å².